The van der Waals surface area contributed by atoms with Gasteiger partial charge in [0, 0.05) is 39.0 Å². The van der Waals surface area contributed by atoms with Crippen LogP contribution in [-0.2, 0) is 24.0 Å². The number of aryl methyl sites for hydroxylation is 2. The zero-order valence-electron chi connectivity index (χ0n) is 16.3. The molecule has 2 aromatic heterocycles. The highest BCUT2D eigenvalue weighted by Gasteiger charge is 2.20. The van der Waals surface area contributed by atoms with Crippen molar-refractivity contribution < 1.29 is 14.4 Å². The maximum atomic E-state index is 11.3. The van der Waals surface area contributed by atoms with Gasteiger partial charge in [-0.3, -0.25) is 9.46 Å². The van der Waals surface area contributed by atoms with E-state index in [9.17, 15) is 14.4 Å². The molecule has 0 fully saturated rings. The van der Waals surface area contributed by atoms with Crippen molar-refractivity contribution >= 4 is 30.4 Å². The van der Waals surface area contributed by atoms with Crippen LogP contribution in [0.1, 0.15) is 32.4 Å². The smallest absolute Gasteiger partial charge is 0.324 e. The van der Waals surface area contributed by atoms with Gasteiger partial charge in [0.15, 0.2) is 10.8 Å². The van der Waals surface area contributed by atoms with Gasteiger partial charge in [0.05, 0.1) is 18.1 Å². The standard InChI is InChI=1S/C17H26ClN6O3P/c1-4-13-20-16(18)15-17(21-13)24(14(5-2)22-15)7-6-23(11-12(3)10-19)8-9-28(25,26)27/h12H,4-9,11H2,1-3H3,(H2,25,26,27). The fourth-order valence-corrected chi connectivity index (χ4v) is 3.72. The van der Waals surface area contributed by atoms with Gasteiger partial charge in [-0.1, -0.05) is 25.4 Å². The number of hydrogen-bond acceptors (Lipinski definition) is 6. The highest BCUT2D eigenvalue weighted by molar-refractivity contribution is 7.51. The summed E-state index contributed by atoms with van der Waals surface area (Å²) in [6.45, 7) is 7.40. The minimum Gasteiger partial charge on any atom is -0.324 e. The van der Waals surface area contributed by atoms with E-state index in [2.05, 4.69) is 21.0 Å². The first-order valence-corrected chi connectivity index (χ1v) is 11.4. The molecule has 0 aromatic carbocycles. The zero-order valence-corrected chi connectivity index (χ0v) is 18.0. The number of imidazole rings is 1. The second kappa shape index (κ2) is 9.77. The number of halogens is 1. The first kappa shape index (κ1) is 22.7. The molecule has 2 rings (SSSR count). The van der Waals surface area contributed by atoms with E-state index in [0.29, 0.717) is 54.6 Å². The highest BCUT2D eigenvalue weighted by Crippen LogP contribution is 2.33. The van der Waals surface area contributed by atoms with Gasteiger partial charge in [-0.25, -0.2) is 15.0 Å². The van der Waals surface area contributed by atoms with Gasteiger partial charge in [-0.05, 0) is 6.92 Å². The molecule has 2 aromatic rings. The van der Waals surface area contributed by atoms with Crippen LogP contribution in [0.4, 0.5) is 0 Å². The van der Waals surface area contributed by atoms with E-state index in [1.54, 1.807) is 6.92 Å². The molecule has 1 unspecified atom stereocenters. The van der Waals surface area contributed by atoms with Gasteiger partial charge in [-0.2, -0.15) is 5.26 Å². The molecule has 0 amide bonds. The fraction of sp³-hybridized carbons (Fsp3) is 0.647. The molecule has 9 nitrogen and oxygen atoms in total. The molecule has 0 aliphatic carbocycles. The van der Waals surface area contributed by atoms with Gasteiger partial charge in [-0.15, -0.1) is 0 Å². The largest absolute Gasteiger partial charge is 0.326 e. The Labute approximate surface area is 169 Å². The Hall–Kier alpha value is -1.56. The SMILES string of the molecule is CCc1nc(Cl)c2nc(CC)n(CCN(CCP(=O)(O)O)CC(C)C#N)c2n1. The molecule has 2 N–H and O–H groups in total. The minimum absolute atomic E-state index is 0.209. The molecule has 0 aliphatic rings. The van der Waals surface area contributed by atoms with Crippen molar-refractivity contribution in [2.75, 3.05) is 25.8 Å². The van der Waals surface area contributed by atoms with Crippen molar-refractivity contribution in [3.8, 4) is 6.07 Å². The summed E-state index contributed by atoms with van der Waals surface area (Å²) in [6.07, 6.45) is 1.09. The van der Waals surface area contributed by atoms with Gasteiger partial charge in [0.25, 0.3) is 0 Å². The molecule has 1 atom stereocenters. The Morgan fingerprint density at radius 3 is 2.54 bits per heavy atom. The number of nitriles is 1. The van der Waals surface area contributed by atoms with Crippen LogP contribution in [0.3, 0.4) is 0 Å². The normalized spacial score (nSPS) is 13.2. The summed E-state index contributed by atoms with van der Waals surface area (Å²) < 4.78 is 13.2. The maximum Gasteiger partial charge on any atom is 0.326 e. The monoisotopic (exact) mass is 428 g/mol. The highest BCUT2D eigenvalue weighted by atomic mass is 35.5. The van der Waals surface area contributed by atoms with Crippen LogP contribution in [0.5, 0.6) is 0 Å². The fourth-order valence-electron chi connectivity index (χ4n) is 2.95. The second-order valence-corrected chi connectivity index (χ2v) is 8.84. The molecular formula is C17H26ClN6O3P. The molecule has 154 valence electrons. The van der Waals surface area contributed by atoms with Crippen LogP contribution in [-0.4, -0.2) is 60.0 Å². The average molecular weight is 429 g/mol. The van der Waals surface area contributed by atoms with Crippen molar-refractivity contribution in [1.82, 2.24) is 24.4 Å². The summed E-state index contributed by atoms with van der Waals surface area (Å²) in [4.78, 5) is 33.7. The zero-order chi connectivity index (χ0) is 20.9. The summed E-state index contributed by atoms with van der Waals surface area (Å²) in [5.41, 5.74) is 1.22. The van der Waals surface area contributed by atoms with E-state index in [0.717, 1.165) is 5.82 Å². The van der Waals surface area contributed by atoms with Crippen LogP contribution in [0.15, 0.2) is 0 Å². The van der Waals surface area contributed by atoms with Crippen LogP contribution in [0, 0.1) is 17.2 Å². The quantitative estimate of drug-likeness (QED) is 0.435. The predicted molar refractivity (Wildman–Crippen MR) is 107 cm³/mol. The molecule has 0 saturated heterocycles. The predicted octanol–water partition coefficient (Wildman–Crippen LogP) is 2.24. The van der Waals surface area contributed by atoms with E-state index in [1.807, 2.05) is 23.3 Å². The third-order valence-electron chi connectivity index (χ3n) is 4.41. The summed E-state index contributed by atoms with van der Waals surface area (Å²) in [6, 6.07) is 2.17. The molecule has 11 heteroatoms. The molecular weight excluding hydrogens is 403 g/mol. The first-order chi connectivity index (χ1) is 13.2. The Kier molecular flexibility index (Phi) is 7.93. The lowest BCUT2D eigenvalue weighted by Gasteiger charge is -2.24. The molecule has 28 heavy (non-hydrogen) atoms. The Balaban J connectivity index is 2.28. The summed E-state index contributed by atoms with van der Waals surface area (Å²) in [5, 5.41) is 9.42. The van der Waals surface area contributed by atoms with E-state index < -0.39 is 7.60 Å². The van der Waals surface area contributed by atoms with Crippen LogP contribution in [0.2, 0.25) is 5.15 Å². The number of hydrogen-bond donors (Lipinski definition) is 2. The molecule has 0 bridgehead atoms. The Bertz CT molecular complexity index is 906. The summed E-state index contributed by atoms with van der Waals surface area (Å²) in [5.74, 6) is 1.21. The topological polar surface area (TPSA) is 128 Å². The first-order valence-electron chi connectivity index (χ1n) is 9.26. The number of nitrogens with zero attached hydrogens (tertiary/aromatic N) is 6. The van der Waals surface area contributed by atoms with Crippen molar-refractivity contribution in [3.05, 3.63) is 16.8 Å². The lowest BCUT2D eigenvalue weighted by atomic mass is 10.2. The van der Waals surface area contributed by atoms with Crippen molar-refractivity contribution in [3.63, 3.8) is 0 Å². The average Bonchev–Trinajstić information content (AvgIpc) is 3.01. The van der Waals surface area contributed by atoms with Crippen molar-refractivity contribution in [1.29, 1.82) is 5.26 Å². The summed E-state index contributed by atoms with van der Waals surface area (Å²) >= 11 is 6.27. The lowest BCUT2D eigenvalue weighted by Crippen LogP contribution is -2.34. The Morgan fingerprint density at radius 2 is 1.96 bits per heavy atom. The van der Waals surface area contributed by atoms with Crippen LogP contribution in [0.25, 0.3) is 11.2 Å². The van der Waals surface area contributed by atoms with E-state index in [-0.39, 0.29) is 18.6 Å². The lowest BCUT2D eigenvalue weighted by molar-refractivity contribution is 0.252. The second-order valence-electron chi connectivity index (χ2n) is 6.71. The van der Waals surface area contributed by atoms with Gasteiger partial charge < -0.3 is 14.4 Å². The van der Waals surface area contributed by atoms with Gasteiger partial charge in [0.1, 0.15) is 17.2 Å². The minimum atomic E-state index is -4.11. The maximum absolute atomic E-state index is 11.3. The van der Waals surface area contributed by atoms with Gasteiger partial charge in [0.2, 0.25) is 0 Å². The molecule has 0 radical (unpaired) electrons. The van der Waals surface area contributed by atoms with Crippen molar-refractivity contribution in [2.24, 2.45) is 5.92 Å². The number of aromatic nitrogens is 4. The van der Waals surface area contributed by atoms with E-state index in [4.69, 9.17) is 16.9 Å². The van der Waals surface area contributed by atoms with Crippen LogP contribution >= 0.6 is 19.2 Å². The van der Waals surface area contributed by atoms with E-state index >= 15 is 0 Å². The molecule has 0 aliphatic heterocycles. The molecule has 0 saturated carbocycles. The van der Waals surface area contributed by atoms with Gasteiger partial charge >= 0.3 is 7.60 Å². The summed E-state index contributed by atoms with van der Waals surface area (Å²) in [7, 11) is -4.11. The number of rotatable bonds is 10. The molecule has 2 heterocycles. The Morgan fingerprint density at radius 1 is 1.25 bits per heavy atom. The van der Waals surface area contributed by atoms with Crippen molar-refractivity contribution in [2.45, 2.75) is 40.2 Å². The molecule has 0 spiro atoms. The third kappa shape index (κ3) is 5.97. The third-order valence-corrected chi connectivity index (χ3v) is 5.46. The van der Waals surface area contributed by atoms with Crippen LogP contribution < -0.4 is 0 Å². The van der Waals surface area contributed by atoms with E-state index in [1.165, 1.54) is 0 Å². The number of fused-ring (bicyclic) bond motifs is 1.